The van der Waals surface area contributed by atoms with Crippen LogP contribution in [0, 0.1) is 5.92 Å². The molecule has 1 fully saturated rings. The highest BCUT2D eigenvalue weighted by Crippen LogP contribution is 2.24. The van der Waals surface area contributed by atoms with Crippen LogP contribution in [0.25, 0.3) is 0 Å². The molecule has 0 spiro atoms. The van der Waals surface area contributed by atoms with Gasteiger partial charge in [-0.3, -0.25) is 9.59 Å². The van der Waals surface area contributed by atoms with Crippen LogP contribution in [0.1, 0.15) is 43.0 Å². The smallest absolute Gasteiger partial charge is 0.251 e. The topological polar surface area (TPSA) is 78.4 Å². The highest BCUT2D eigenvalue weighted by Gasteiger charge is 2.26. The Morgan fingerprint density at radius 2 is 2.05 bits per heavy atom. The van der Waals surface area contributed by atoms with E-state index < -0.39 is 0 Å². The molecule has 5 heteroatoms. The van der Waals surface area contributed by atoms with Crippen LogP contribution < -0.4 is 10.6 Å². The summed E-state index contributed by atoms with van der Waals surface area (Å²) >= 11 is 0. The SMILES string of the molecule is CC(=O)Nc1cccc(C(=O)NC2CCCCC2CO)c1. The summed E-state index contributed by atoms with van der Waals surface area (Å²) in [5, 5.41) is 15.1. The van der Waals surface area contributed by atoms with Crippen LogP contribution in [0.4, 0.5) is 5.69 Å². The maximum atomic E-state index is 12.3. The van der Waals surface area contributed by atoms with Gasteiger partial charge in [0.25, 0.3) is 5.91 Å². The fourth-order valence-electron chi connectivity index (χ4n) is 2.81. The van der Waals surface area contributed by atoms with Gasteiger partial charge in [0.2, 0.25) is 5.91 Å². The minimum absolute atomic E-state index is 0.0284. The monoisotopic (exact) mass is 290 g/mol. The van der Waals surface area contributed by atoms with Crippen LogP contribution in [0.5, 0.6) is 0 Å². The lowest BCUT2D eigenvalue weighted by molar-refractivity contribution is -0.114. The van der Waals surface area contributed by atoms with E-state index in [0.29, 0.717) is 11.3 Å². The first kappa shape index (κ1) is 15.5. The average molecular weight is 290 g/mol. The number of hydrogen-bond donors (Lipinski definition) is 3. The van der Waals surface area contributed by atoms with Crippen molar-refractivity contribution in [1.82, 2.24) is 5.32 Å². The van der Waals surface area contributed by atoms with E-state index in [4.69, 9.17) is 0 Å². The molecule has 2 rings (SSSR count). The first-order valence-electron chi connectivity index (χ1n) is 7.39. The fraction of sp³-hybridized carbons (Fsp3) is 0.500. The molecule has 1 aromatic rings. The summed E-state index contributed by atoms with van der Waals surface area (Å²) in [4.78, 5) is 23.4. The van der Waals surface area contributed by atoms with Gasteiger partial charge in [-0.15, -0.1) is 0 Å². The maximum absolute atomic E-state index is 12.3. The largest absolute Gasteiger partial charge is 0.396 e. The normalized spacial score (nSPS) is 21.6. The number of carbonyl (C=O) groups excluding carboxylic acids is 2. The molecule has 0 saturated heterocycles. The van der Waals surface area contributed by atoms with Crippen LogP contribution in [0.15, 0.2) is 24.3 Å². The molecule has 2 amide bonds. The van der Waals surface area contributed by atoms with Gasteiger partial charge in [-0.05, 0) is 31.0 Å². The van der Waals surface area contributed by atoms with Crippen molar-refractivity contribution in [2.45, 2.75) is 38.6 Å². The van der Waals surface area contributed by atoms with Crippen molar-refractivity contribution in [1.29, 1.82) is 0 Å². The van der Waals surface area contributed by atoms with Gasteiger partial charge in [-0.1, -0.05) is 18.9 Å². The van der Waals surface area contributed by atoms with Crippen molar-refractivity contribution in [3.63, 3.8) is 0 Å². The molecular formula is C16H22N2O3. The Kier molecular flexibility index (Phi) is 5.33. The Bertz CT molecular complexity index is 516. The molecule has 0 radical (unpaired) electrons. The molecule has 21 heavy (non-hydrogen) atoms. The lowest BCUT2D eigenvalue weighted by Crippen LogP contribution is -2.43. The van der Waals surface area contributed by atoms with E-state index in [1.54, 1.807) is 24.3 Å². The molecule has 0 aromatic heterocycles. The number of anilines is 1. The minimum Gasteiger partial charge on any atom is -0.396 e. The van der Waals surface area contributed by atoms with Crippen molar-refractivity contribution in [3.8, 4) is 0 Å². The third-order valence-electron chi connectivity index (χ3n) is 3.91. The summed E-state index contributed by atoms with van der Waals surface area (Å²) < 4.78 is 0. The Balaban J connectivity index is 2.03. The summed E-state index contributed by atoms with van der Waals surface area (Å²) in [5.41, 5.74) is 1.13. The van der Waals surface area contributed by atoms with Gasteiger partial charge in [0.1, 0.15) is 0 Å². The average Bonchev–Trinajstić information content (AvgIpc) is 2.47. The summed E-state index contributed by atoms with van der Waals surface area (Å²) in [7, 11) is 0. The molecule has 2 unspecified atom stereocenters. The highest BCUT2D eigenvalue weighted by molar-refractivity contribution is 5.96. The second kappa shape index (κ2) is 7.22. The molecule has 5 nitrogen and oxygen atoms in total. The Hall–Kier alpha value is -1.88. The zero-order chi connectivity index (χ0) is 15.2. The predicted molar refractivity (Wildman–Crippen MR) is 81.0 cm³/mol. The second-order valence-electron chi connectivity index (χ2n) is 5.57. The van der Waals surface area contributed by atoms with Gasteiger partial charge < -0.3 is 15.7 Å². The minimum atomic E-state index is -0.166. The number of rotatable bonds is 4. The van der Waals surface area contributed by atoms with Crippen LogP contribution in [-0.2, 0) is 4.79 Å². The molecule has 114 valence electrons. The van der Waals surface area contributed by atoms with Crippen molar-refractivity contribution < 1.29 is 14.7 Å². The van der Waals surface area contributed by atoms with E-state index in [1.807, 2.05) is 0 Å². The van der Waals surface area contributed by atoms with Crippen molar-refractivity contribution in [2.24, 2.45) is 5.92 Å². The third kappa shape index (κ3) is 4.29. The Morgan fingerprint density at radius 3 is 2.76 bits per heavy atom. The van der Waals surface area contributed by atoms with Crippen LogP contribution in [0.3, 0.4) is 0 Å². The maximum Gasteiger partial charge on any atom is 0.251 e. The number of nitrogens with one attached hydrogen (secondary N) is 2. The van der Waals surface area contributed by atoms with Gasteiger partial charge >= 0.3 is 0 Å². The molecule has 0 aliphatic heterocycles. The number of aliphatic hydroxyl groups is 1. The lowest BCUT2D eigenvalue weighted by Gasteiger charge is -2.30. The third-order valence-corrected chi connectivity index (χ3v) is 3.91. The molecular weight excluding hydrogens is 268 g/mol. The van der Waals surface area contributed by atoms with Gasteiger partial charge in [-0.25, -0.2) is 0 Å². The number of amides is 2. The first-order chi connectivity index (χ1) is 10.1. The molecule has 0 bridgehead atoms. The Labute approximate surface area is 124 Å². The van der Waals surface area contributed by atoms with Gasteiger partial charge in [0.15, 0.2) is 0 Å². The lowest BCUT2D eigenvalue weighted by atomic mass is 9.85. The number of carbonyl (C=O) groups is 2. The van der Waals surface area contributed by atoms with E-state index in [0.717, 1.165) is 25.7 Å². The Morgan fingerprint density at radius 1 is 1.29 bits per heavy atom. The van der Waals surface area contributed by atoms with E-state index in [9.17, 15) is 14.7 Å². The molecule has 1 aromatic carbocycles. The summed E-state index contributed by atoms with van der Waals surface area (Å²) in [6, 6.07) is 6.89. The molecule has 1 aliphatic carbocycles. The van der Waals surface area contributed by atoms with E-state index in [2.05, 4.69) is 10.6 Å². The molecule has 0 heterocycles. The molecule has 3 N–H and O–H groups in total. The summed E-state index contributed by atoms with van der Waals surface area (Å²) in [6.07, 6.45) is 4.04. The standard InChI is InChI=1S/C16H22N2O3/c1-11(20)17-14-7-4-6-12(9-14)16(21)18-15-8-3-2-5-13(15)10-19/h4,6-7,9,13,15,19H,2-3,5,8,10H2,1H3,(H,17,20)(H,18,21). The van der Waals surface area contributed by atoms with E-state index in [1.165, 1.54) is 6.92 Å². The van der Waals surface area contributed by atoms with Crippen molar-refractivity contribution in [3.05, 3.63) is 29.8 Å². The predicted octanol–water partition coefficient (Wildman–Crippen LogP) is 1.93. The zero-order valence-electron chi connectivity index (χ0n) is 12.3. The fourth-order valence-corrected chi connectivity index (χ4v) is 2.81. The van der Waals surface area contributed by atoms with Crippen molar-refractivity contribution >= 4 is 17.5 Å². The van der Waals surface area contributed by atoms with Gasteiger partial charge in [0.05, 0.1) is 0 Å². The van der Waals surface area contributed by atoms with Gasteiger partial charge in [-0.2, -0.15) is 0 Å². The van der Waals surface area contributed by atoms with E-state index in [-0.39, 0.29) is 30.4 Å². The molecule has 1 aliphatic rings. The second-order valence-corrected chi connectivity index (χ2v) is 5.57. The highest BCUT2D eigenvalue weighted by atomic mass is 16.3. The quantitative estimate of drug-likeness (QED) is 0.793. The zero-order valence-corrected chi connectivity index (χ0v) is 12.3. The van der Waals surface area contributed by atoms with Crippen molar-refractivity contribution in [2.75, 3.05) is 11.9 Å². The molecule has 2 atom stereocenters. The summed E-state index contributed by atoms with van der Waals surface area (Å²) in [5.74, 6) is -0.186. The van der Waals surface area contributed by atoms with Crippen LogP contribution >= 0.6 is 0 Å². The molecule has 1 saturated carbocycles. The number of benzene rings is 1. The first-order valence-corrected chi connectivity index (χ1v) is 7.39. The van der Waals surface area contributed by atoms with Crippen LogP contribution in [-0.4, -0.2) is 29.6 Å². The van der Waals surface area contributed by atoms with Gasteiger partial charge in [0, 0.05) is 36.7 Å². The number of aliphatic hydroxyl groups excluding tert-OH is 1. The number of hydrogen-bond acceptors (Lipinski definition) is 3. The summed E-state index contributed by atoms with van der Waals surface area (Å²) in [6.45, 7) is 1.54. The van der Waals surface area contributed by atoms with Crippen LogP contribution in [0.2, 0.25) is 0 Å². The van der Waals surface area contributed by atoms with E-state index >= 15 is 0 Å².